The summed E-state index contributed by atoms with van der Waals surface area (Å²) in [4.78, 5) is 46.1. The Balaban J connectivity index is 1.14. The summed E-state index contributed by atoms with van der Waals surface area (Å²) in [5.74, 6) is -0.683. The largest absolute Gasteiger partial charge is 0.336 e. The molecule has 1 aromatic heterocycles. The van der Waals surface area contributed by atoms with Crippen molar-refractivity contribution in [2.24, 2.45) is 0 Å². The van der Waals surface area contributed by atoms with Gasteiger partial charge in [-0.2, -0.15) is 0 Å². The first-order valence-electron chi connectivity index (χ1n) is 13.4. The molecule has 2 heterocycles. The van der Waals surface area contributed by atoms with E-state index >= 15 is 4.39 Å². The van der Waals surface area contributed by atoms with Crippen LogP contribution < -0.4 is 10.6 Å². The van der Waals surface area contributed by atoms with Gasteiger partial charge in [0.25, 0.3) is 5.91 Å². The molecule has 41 heavy (non-hydrogen) atoms. The zero-order chi connectivity index (χ0) is 28.8. The number of hydrogen-bond acceptors (Lipinski definition) is 5. The fourth-order valence-electron chi connectivity index (χ4n) is 4.68. The van der Waals surface area contributed by atoms with Crippen LogP contribution in [0.3, 0.4) is 0 Å². The molecule has 5 rings (SSSR count). The van der Waals surface area contributed by atoms with Crippen molar-refractivity contribution in [2.75, 3.05) is 36.8 Å². The summed E-state index contributed by atoms with van der Waals surface area (Å²) in [7, 11) is 0. The minimum absolute atomic E-state index is 0.0862. The van der Waals surface area contributed by atoms with E-state index in [4.69, 9.17) is 0 Å². The van der Waals surface area contributed by atoms with E-state index in [1.807, 2.05) is 25.1 Å². The third-order valence-corrected chi connectivity index (χ3v) is 6.98. The van der Waals surface area contributed by atoms with Gasteiger partial charge in [0.15, 0.2) is 11.6 Å². The molecule has 9 heteroatoms. The van der Waals surface area contributed by atoms with Gasteiger partial charge in [0.1, 0.15) is 0 Å². The molecule has 0 saturated carbocycles. The topological polar surface area (TPSA) is 94.6 Å². The lowest BCUT2D eigenvalue weighted by Crippen LogP contribution is -2.48. The Labute approximate surface area is 237 Å². The second-order valence-corrected chi connectivity index (χ2v) is 9.89. The molecule has 4 aromatic rings. The molecule has 1 saturated heterocycles. The summed E-state index contributed by atoms with van der Waals surface area (Å²) >= 11 is 0. The van der Waals surface area contributed by atoms with Gasteiger partial charge in [-0.25, -0.2) is 9.18 Å². The number of nitrogens with one attached hydrogen (secondary N) is 2. The molecule has 208 valence electrons. The zero-order valence-electron chi connectivity index (χ0n) is 22.6. The molecule has 0 unspecified atom stereocenters. The molecule has 3 amide bonds. The Morgan fingerprint density at radius 2 is 1.46 bits per heavy atom. The van der Waals surface area contributed by atoms with Crippen LogP contribution in [0.1, 0.15) is 37.5 Å². The van der Waals surface area contributed by atoms with Gasteiger partial charge in [-0.1, -0.05) is 54.6 Å². The highest BCUT2D eigenvalue weighted by molar-refractivity contribution is 6.09. The minimum atomic E-state index is -0.559. The van der Waals surface area contributed by atoms with Crippen LogP contribution in [0.5, 0.6) is 0 Å². The first-order chi connectivity index (χ1) is 19.9. The van der Waals surface area contributed by atoms with E-state index in [0.717, 1.165) is 5.69 Å². The van der Waals surface area contributed by atoms with Crippen molar-refractivity contribution < 1.29 is 18.8 Å². The Bertz CT molecular complexity index is 1530. The summed E-state index contributed by atoms with van der Waals surface area (Å²) in [6.45, 7) is 4.34. The normalized spacial score (nSPS) is 13.5. The first kappa shape index (κ1) is 27.7. The van der Waals surface area contributed by atoms with Gasteiger partial charge < -0.3 is 15.5 Å². The van der Waals surface area contributed by atoms with E-state index in [2.05, 4.69) is 20.5 Å². The van der Waals surface area contributed by atoms with Crippen LogP contribution in [0, 0.1) is 12.7 Å². The molecule has 0 radical (unpaired) electrons. The molecular formula is C32H30FN5O3. The van der Waals surface area contributed by atoms with Gasteiger partial charge in [-0.15, -0.1) is 0 Å². The van der Waals surface area contributed by atoms with E-state index in [0.29, 0.717) is 60.7 Å². The van der Waals surface area contributed by atoms with Crippen molar-refractivity contribution in [3.05, 3.63) is 125 Å². The van der Waals surface area contributed by atoms with Crippen molar-refractivity contribution in [3.63, 3.8) is 0 Å². The Morgan fingerprint density at radius 1 is 0.780 bits per heavy atom. The molecule has 1 aliphatic rings. The second-order valence-electron chi connectivity index (χ2n) is 9.89. The Kier molecular flexibility index (Phi) is 8.45. The number of nitrogens with zero attached hydrogens (tertiary/aromatic N) is 3. The van der Waals surface area contributed by atoms with Crippen LogP contribution in [0.2, 0.25) is 0 Å². The molecule has 1 aliphatic heterocycles. The highest BCUT2D eigenvalue weighted by Crippen LogP contribution is 2.21. The van der Waals surface area contributed by atoms with Gasteiger partial charge in [0, 0.05) is 60.7 Å². The standard InChI is InChI=1S/C32H30FN5O3/c1-22-10-15-27(20-34-22)35-32(41)36-28-9-5-8-26(29(28)33)21-37-16-18-38(19-17-37)31(40)25-13-11-24(12-14-25)30(39)23-6-3-2-4-7-23/h2-15,20H,16-19,21H2,1H3,(H2,35,36,41). The molecule has 0 bridgehead atoms. The van der Waals surface area contributed by atoms with Crippen LogP contribution in [0.4, 0.5) is 20.6 Å². The number of aromatic nitrogens is 1. The summed E-state index contributed by atoms with van der Waals surface area (Å²) in [6.07, 6.45) is 1.54. The maximum absolute atomic E-state index is 15.2. The van der Waals surface area contributed by atoms with E-state index in [9.17, 15) is 14.4 Å². The maximum Gasteiger partial charge on any atom is 0.323 e. The van der Waals surface area contributed by atoms with Crippen LogP contribution in [0.15, 0.2) is 91.1 Å². The highest BCUT2D eigenvalue weighted by Gasteiger charge is 2.23. The minimum Gasteiger partial charge on any atom is -0.336 e. The van der Waals surface area contributed by atoms with Crippen molar-refractivity contribution in [1.82, 2.24) is 14.8 Å². The number of hydrogen-bond donors (Lipinski definition) is 2. The third kappa shape index (κ3) is 6.82. The van der Waals surface area contributed by atoms with Gasteiger partial charge in [0.05, 0.1) is 17.6 Å². The van der Waals surface area contributed by atoms with E-state index in [1.165, 1.54) is 12.3 Å². The zero-order valence-corrected chi connectivity index (χ0v) is 22.6. The lowest BCUT2D eigenvalue weighted by molar-refractivity contribution is 0.0627. The van der Waals surface area contributed by atoms with Crippen LogP contribution in [-0.2, 0) is 6.54 Å². The smallest absolute Gasteiger partial charge is 0.323 e. The summed E-state index contributed by atoms with van der Waals surface area (Å²) < 4.78 is 15.2. The van der Waals surface area contributed by atoms with Gasteiger partial charge >= 0.3 is 6.03 Å². The molecule has 0 atom stereocenters. The van der Waals surface area contributed by atoms with Gasteiger partial charge in [0.2, 0.25) is 0 Å². The highest BCUT2D eigenvalue weighted by atomic mass is 19.1. The quantitative estimate of drug-likeness (QED) is 0.302. The number of halogens is 1. The number of amides is 3. The third-order valence-electron chi connectivity index (χ3n) is 6.98. The average Bonchev–Trinajstić information content (AvgIpc) is 3.00. The van der Waals surface area contributed by atoms with E-state index in [-0.39, 0.29) is 17.4 Å². The molecule has 1 fully saturated rings. The monoisotopic (exact) mass is 551 g/mol. The molecular weight excluding hydrogens is 521 g/mol. The van der Waals surface area contributed by atoms with Crippen LogP contribution in [0.25, 0.3) is 0 Å². The number of carbonyl (C=O) groups is 3. The van der Waals surface area contributed by atoms with E-state index in [1.54, 1.807) is 65.6 Å². The molecule has 8 nitrogen and oxygen atoms in total. The number of rotatable bonds is 7. The number of urea groups is 1. The second kappa shape index (κ2) is 12.5. The summed E-state index contributed by atoms with van der Waals surface area (Å²) in [6, 6.07) is 23.6. The number of piperazine rings is 1. The number of anilines is 2. The van der Waals surface area contributed by atoms with Gasteiger partial charge in [-0.3, -0.25) is 19.5 Å². The van der Waals surface area contributed by atoms with Crippen molar-refractivity contribution in [3.8, 4) is 0 Å². The summed E-state index contributed by atoms with van der Waals surface area (Å²) in [5, 5.41) is 5.21. The molecule has 2 N–H and O–H groups in total. The van der Waals surface area contributed by atoms with Crippen molar-refractivity contribution >= 4 is 29.1 Å². The fourth-order valence-corrected chi connectivity index (χ4v) is 4.68. The molecule has 3 aromatic carbocycles. The number of pyridine rings is 1. The van der Waals surface area contributed by atoms with Crippen LogP contribution in [-0.4, -0.2) is 58.7 Å². The number of aryl methyl sites for hydroxylation is 1. The predicted octanol–water partition coefficient (Wildman–Crippen LogP) is 5.36. The molecule has 0 spiro atoms. The lowest BCUT2D eigenvalue weighted by atomic mass is 10.0. The van der Waals surface area contributed by atoms with Crippen molar-refractivity contribution in [1.29, 1.82) is 0 Å². The number of carbonyl (C=O) groups excluding carboxylic acids is 3. The Hall–Kier alpha value is -4.89. The van der Waals surface area contributed by atoms with Gasteiger partial charge in [-0.05, 0) is 37.3 Å². The van der Waals surface area contributed by atoms with Crippen molar-refractivity contribution in [2.45, 2.75) is 13.5 Å². The number of ketones is 1. The van der Waals surface area contributed by atoms with E-state index < -0.39 is 11.8 Å². The predicted molar refractivity (Wildman–Crippen MR) is 156 cm³/mol. The maximum atomic E-state index is 15.2. The summed E-state index contributed by atoms with van der Waals surface area (Å²) in [5.41, 5.74) is 3.53. The lowest BCUT2D eigenvalue weighted by Gasteiger charge is -2.35. The number of benzene rings is 3. The average molecular weight is 552 g/mol. The molecule has 0 aliphatic carbocycles. The van der Waals surface area contributed by atoms with Crippen LogP contribution >= 0.6 is 0 Å². The Morgan fingerprint density at radius 3 is 2.15 bits per heavy atom. The fraction of sp³-hybridized carbons (Fsp3) is 0.188. The first-order valence-corrected chi connectivity index (χ1v) is 13.4. The SMILES string of the molecule is Cc1ccc(NC(=O)Nc2cccc(CN3CCN(C(=O)c4ccc(C(=O)c5ccccc5)cc4)CC3)c2F)cn1.